The lowest BCUT2D eigenvalue weighted by molar-refractivity contribution is -0.137. The smallest absolute Gasteiger partial charge is 0.335 e. The molecule has 2 N–H and O–H groups in total. The van der Waals surface area contributed by atoms with Gasteiger partial charge in [-0.1, -0.05) is 50.8 Å². The molecule has 2 atom stereocenters. The Morgan fingerprint density at radius 3 is 2.43 bits per heavy atom. The summed E-state index contributed by atoms with van der Waals surface area (Å²) in [6, 6.07) is 13.7. The Balaban J connectivity index is 1.98. The van der Waals surface area contributed by atoms with Crippen molar-refractivity contribution in [2.75, 3.05) is 6.61 Å². The number of carbonyl (C=O) groups excluding carboxylic acids is 1. The van der Waals surface area contributed by atoms with Gasteiger partial charge in [-0.3, -0.25) is 4.79 Å². The Kier molecular flexibility index (Phi) is 8.62. The van der Waals surface area contributed by atoms with Crippen LogP contribution in [0, 0.1) is 5.92 Å². The van der Waals surface area contributed by atoms with E-state index in [1.807, 2.05) is 45.0 Å². The molecule has 0 aliphatic carbocycles. The van der Waals surface area contributed by atoms with Crippen molar-refractivity contribution in [2.24, 2.45) is 5.92 Å². The van der Waals surface area contributed by atoms with Gasteiger partial charge in [0.1, 0.15) is 18.5 Å². The Morgan fingerprint density at radius 1 is 1.13 bits per heavy atom. The van der Waals surface area contributed by atoms with Crippen LogP contribution in [0.25, 0.3) is 0 Å². The van der Waals surface area contributed by atoms with Gasteiger partial charge in [-0.05, 0) is 48.2 Å². The topological polar surface area (TPSA) is 84.9 Å². The molecule has 0 saturated heterocycles. The second kappa shape index (κ2) is 11.2. The quantitative estimate of drug-likeness (QED) is 0.537. The minimum absolute atomic E-state index is 0.0215. The molecule has 2 aromatic rings. The molecule has 0 fully saturated rings. The number of benzene rings is 2. The standard InChI is InChI=1S/C24H29NO5/c1-5-13-29-21-8-6-7-18(14-21)15-30-22(16(2)3)23(26)25-17(4)19-9-11-20(12-10-19)24(27)28/h5-12,14,16-17,22H,1,13,15H2,2-4H3,(H,25,26)(H,27,28)/t17-,22+/m0/s1. The van der Waals surface area contributed by atoms with E-state index in [0.29, 0.717) is 6.61 Å². The number of amides is 1. The van der Waals surface area contributed by atoms with E-state index in [1.54, 1.807) is 18.2 Å². The van der Waals surface area contributed by atoms with Crippen molar-refractivity contribution in [3.05, 3.63) is 77.9 Å². The average Bonchev–Trinajstić information content (AvgIpc) is 2.72. The molecular weight excluding hydrogens is 382 g/mol. The number of rotatable bonds is 11. The summed E-state index contributed by atoms with van der Waals surface area (Å²) in [6.45, 7) is 10.1. The highest BCUT2D eigenvalue weighted by atomic mass is 16.5. The molecule has 160 valence electrons. The van der Waals surface area contributed by atoms with Crippen LogP contribution in [0.4, 0.5) is 0 Å². The molecule has 2 rings (SSSR count). The van der Waals surface area contributed by atoms with Crippen molar-refractivity contribution in [1.82, 2.24) is 5.32 Å². The molecule has 0 bridgehead atoms. The van der Waals surface area contributed by atoms with E-state index >= 15 is 0 Å². The van der Waals surface area contributed by atoms with Crippen LogP contribution in [0.5, 0.6) is 5.75 Å². The molecule has 0 aromatic heterocycles. The monoisotopic (exact) mass is 411 g/mol. The van der Waals surface area contributed by atoms with E-state index in [-0.39, 0.29) is 30.0 Å². The van der Waals surface area contributed by atoms with Gasteiger partial charge in [0, 0.05) is 0 Å². The third kappa shape index (κ3) is 6.74. The van der Waals surface area contributed by atoms with Crippen LogP contribution in [-0.2, 0) is 16.1 Å². The van der Waals surface area contributed by atoms with Crippen molar-refractivity contribution >= 4 is 11.9 Å². The summed E-state index contributed by atoms with van der Waals surface area (Å²) in [4.78, 5) is 23.8. The summed E-state index contributed by atoms with van der Waals surface area (Å²) in [6.07, 6.45) is 1.06. The van der Waals surface area contributed by atoms with E-state index in [9.17, 15) is 9.59 Å². The first-order valence-electron chi connectivity index (χ1n) is 9.89. The van der Waals surface area contributed by atoms with Gasteiger partial charge in [-0.2, -0.15) is 0 Å². The minimum atomic E-state index is -0.981. The summed E-state index contributed by atoms with van der Waals surface area (Å²) in [5.41, 5.74) is 1.94. The number of carbonyl (C=O) groups is 2. The molecule has 1 amide bonds. The van der Waals surface area contributed by atoms with Crippen molar-refractivity contribution in [1.29, 1.82) is 0 Å². The second-order valence-corrected chi connectivity index (χ2v) is 7.38. The Labute approximate surface area is 177 Å². The van der Waals surface area contributed by atoms with Gasteiger partial charge < -0.3 is 19.9 Å². The predicted octanol–water partition coefficient (Wildman–Crippen LogP) is 4.37. The maximum Gasteiger partial charge on any atom is 0.335 e. The molecule has 0 spiro atoms. The van der Waals surface area contributed by atoms with Crippen LogP contribution >= 0.6 is 0 Å². The Bertz CT molecular complexity index is 860. The average molecular weight is 411 g/mol. The van der Waals surface area contributed by atoms with E-state index in [2.05, 4.69) is 11.9 Å². The van der Waals surface area contributed by atoms with Gasteiger partial charge in [-0.25, -0.2) is 4.79 Å². The van der Waals surface area contributed by atoms with Crippen molar-refractivity contribution < 1.29 is 24.2 Å². The molecule has 0 aliphatic rings. The highest BCUT2D eigenvalue weighted by Crippen LogP contribution is 2.18. The minimum Gasteiger partial charge on any atom is -0.490 e. The van der Waals surface area contributed by atoms with Crippen LogP contribution < -0.4 is 10.1 Å². The number of hydrogen-bond donors (Lipinski definition) is 2. The third-order valence-corrected chi connectivity index (χ3v) is 4.58. The number of carboxylic acids is 1. The summed E-state index contributed by atoms with van der Waals surface area (Å²) in [5, 5.41) is 12.0. The van der Waals surface area contributed by atoms with Crippen molar-refractivity contribution in [2.45, 2.75) is 39.5 Å². The lowest BCUT2D eigenvalue weighted by atomic mass is 10.0. The maximum absolute atomic E-state index is 12.8. The molecule has 0 unspecified atom stereocenters. The van der Waals surface area contributed by atoms with Gasteiger partial charge in [0.05, 0.1) is 18.2 Å². The van der Waals surface area contributed by atoms with Crippen LogP contribution in [0.2, 0.25) is 0 Å². The third-order valence-electron chi connectivity index (χ3n) is 4.58. The fourth-order valence-corrected chi connectivity index (χ4v) is 2.93. The maximum atomic E-state index is 12.8. The van der Waals surface area contributed by atoms with Gasteiger partial charge >= 0.3 is 5.97 Å². The molecule has 6 nitrogen and oxygen atoms in total. The van der Waals surface area contributed by atoms with Crippen LogP contribution in [0.1, 0.15) is 48.3 Å². The first-order chi connectivity index (χ1) is 14.3. The Morgan fingerprint density at radius 2 is 1.83 bits per heavy atom. The predicted molar refractivity (Wildman–Crippen MR) is 116 cm³/mol. The fourth-order valence-electron chi connectivity index (χ4n) is 2.93. The van der Waals surface area contributed by atoms with Gasteiger partial charge in [0.2, 0.25) is 5.91 Å². The number of hydrogen-bond acceptors (Lipinski definition) is 4. The molecule has 0 saturated carbocycles. The van der Waals surface area contributed by atoms with Gasteiger partial charge in [0.15, 0.2) is 0 Å². The number of aromatic carboxylic acids is 1. The van der Waals surface area contributed by atoms with E-state index in [4.69, 9.17) is 14.6 Å². The van der Waals surface area contributed by atoms with Crippen LogP contribution in [0.15, 0.2) is 61.2 Å². The molecule has 0 heterocycles. The zero-order valence-electron chi connectivity index (χ0n) is 17.6. The van der Waals surface area contributed by atoms with Gasteiger partial charge in [0.25, 0.3) is 0 Å². The summed E-state index contributed by atoms with van der Waals surface area (Å²) < 4.78 is 11.5. The van der Waals surface area contributed by atoms with Crippen molar-refractivity contribution in [3.8, 4) is 5.75 Å². The van der Waals surface area contributed by atoms with E-state index in [0.717, 1.165) is 16.9 Å². The molecule has 2 aromatic carbocycles. The largest absolute Gasteiger partial charge is 0.490 e. The van der Waals surface area contributed by atoms with Gasteiger partial charge in [-0.15, -0.1) is 0 Å². The molecule has 30 heavy (non-hydrogen) atoms. The SMILES string of the molecule is C=CCOc1cccc(CO[C@@H](C(=O)N[C@@H](C)c2ccc(C(=O)O)cc2)C(C)C)c1. The second-order valence-electron chi connectivity index (χ2n) is 7.38. The van der Waals surface area contributed by atoms with Crippen LogP contribution in [-0.4, -0.2) is 29.7 Å². The van der Waals surface area contributed by atoms with E-state index < -0.39 is 12.1 Å². The Hall–Kier alpha value is -3.12. The lowest BCUT2D eigenvalue weighted by Gasteiger charge is -2.24. The number of nitrogens with one attached hydrogen (secondary N) is 1. The molecule has 0 radical (unpaired) electrons. The van der Waals surface area contributed by atoms with E-state index in [1.165, 1.54) is 12.1 Å². The molecule has 6 heteroatoms. The summed E-state index contributed by atoms with van der Waals surface area (Å²) in [5.74, 6) is -0.490. The summed E-state index contributed by atoms with van der Waals surface area (Å²) in [7, 11) is 0. The zero-order valence-corrected chi connectivity index (χ0v) is 17.6. The zero-order chi connectivity index (χ0) is 22.1. The number of ether oxygens (including phenoxy) is 2. The first kappa shape index (κ1) is 23.2. The first-order valence-corrected chi connectivity index (χ1v) is 9.89. The van der Waals surface area contributed by atoms with Crippen molar-refractivity contribution in [3.63, 3.8) is 0 Å². The number of carboxylic acid groups (broad SMARTS) is 1. The normalized spacial score (nSPS) is 12.8. The summed E-state index contributed by atoms with van der Waals surface area (Å²) >= 11 is 0. The molecule has 0 aliphatic heterocycles. The highest BCUT2D eigenvalue weighted by Gasteiger charge is 2.24. The van der Waals surface area contributed by atoms with Crippen LogP contribution in [0.3, 0.4) is 0 Å². The highest BCUT2D eigenvalue weighted by molar-refractivity contribution is 5.87. The fraction of sp³-hybridized carbons (Fsp3) is 0.333. The lowest BCUT2D eigenvalue weighted by Crippen LogP contribution is -2.40. The molecular formula is C24H29NO5.